The molecule has 2 amide bonds. The average Bonchev–Trinajstić information content (AvgIpc) is 2.27. The smallest absolute Gasteiger partial charge is 0.317 e. The molecule has 0 spiro atoms. The molecule has 98 valence electrons. The number of nitrogens with zero attached hydrogens (tertiary/aromatic N) is 1. The van der Waals surface area contributed by atoms with E-state index in [0.717, 1.165) is 13.1 Å². The van der Waals surface area contributed by atoms with Gasteiger partial charge in [0.15, 0.2) is 0 Å². The van der Waals surface area contributed by atoms with Crippen molar-refractivity contribution in [2.24, 2.45) is 0 Å². The van der Waals surface area contributed by atoms with Crippen LogP contribution in [-0.2, 0) is 4.79 Å². The second-order valence-corrected chi connectivity index (χ2v) is 4.94. The molecule has 6 nitrogen and oxygen atoms in total. The van der Waals surface area contributed by atoms with Crippen molar-refractivity contribution in [1.29, 1.82) is 0 Å². The Labute approximate surface area is 101 Å². The van der Waals surface area contributed by atoms with Gasteiger partial charge in [-0.05, 0) is 20.3 Å². The molecule has 17 heavy (non-hydrogen) atoms. The Morgan fingerprint density at radius 1 is 1.35 bits per heavy atom. The van der Waals surface area contributed by atoms with Crippen LogP contribution < -0.4 is 10.6 Å². The van der Waals surface area contributed by atoms with Crippen molar-refractivity contribution in [3.05, 3.63) is 0 Å². The van der Waals surface area contributed by atoms with Crippen LogP contribution in [-0.4, -0.2) is 53.7 Å². The van der Waals surface area contributed by atoms with Crippen molar-refractivity contribution in [1.82, 2.24) is 15.5 Å². The molecule has 0 aromatic rings. The summed E-state index contributed by atoms with van der Waals surface area (Å²) in [5.74, 6) is -0.838. The van der Waals surface area contributed by atoms with Crippen molar-refractivity contribution >= 4 is 12.0 Å². The highest BCUT2D eigenvalue weighted by Gasteiger charge is 2.25. The normalized spacial score (nSPS) is 16.7. The first-order chi connectivity index (χ1) is 7.91. The lowest BCUT2D eigenvalue weighted by molar-refractivity contribution is -0.137. The fourth-order valence-corrected chi connectivity index (χ4v) is 1.72. The first-order valence-electron chi connectivity index (χ1n) is 5.90. The summed E-state index contributed by atoms with van der Waals surface area (Å²) >= 11 is 0. The molecule has 0 aromatic heterocycles. The number of carbonyl (C=O) groups excluding carboxylic acids is 1. The van der Waals surface area contributed by atoms with Crippen molar-refractivity contribution in [3.8, 4) is 0 Å². The molecular formula is C11H21N3O3. The summed E-state index contributed by atoms with van der Waals surface area (Å²) in [6.45, 7) is 6.69. The molecule has 0 bridgehead atoms. The van der Waals surface area contributed by atoms with E-state index < -0.39 is 11.5 Å². The van der Waals surface area contributed by atoms with Gasteiger partial charge in [-0.25, -0.2) is 4.79 Å². The van der Waals surface area contributed by atoms with Crippen molar-refractivity contribution in [2.75, 3.05) is 26.2 Å². The van der Waals surface area contributed by atoms with Crippen LogP contribution in [0.5, 0.6) is 0 Å². The van der Waals surface area contributed by atoms with Crippen molar-refractivity contribution in [2.45, 2.75) is 32.2 Å². The summed E-state index contributed by atoms with van der Waals surface area (Å²) in [5, 5.41) is 14.7. The molecule has 3 N–H and O–H groups in total. The van der Waals surface area contributed by atoms with Crippen LogP contribution in [0.25, 0.3) is 0 Å². The van der Waals surface area contributed by atoms with Gasteiger partial charge in [-0.1, -0.05) is 0 Å². The van der Waals surface area contributed by atoms with E-state index in [4.69, 9.17) is 5.11 Å². The quantitative estimate of drug-likeness (QED) is 0.661. The van der Waals surface area contributed by atoms with Crippen LogP contribution >= 0.6 is 0 Å². The summed E-state index contributed by atoms with van der Waals surface area (Å²) in [4.78, 5) is 24.1. The Morgan fingerprint density at radius 2 is 1.94 bits per heavy atom. The fraction of sp³-hybridized carbons (Fsp3) is 0.818. The molecule has 0 aromatic carbocycles. The number of carboxylic acids is 1. The van der Waals surface area contributed by atoms with Crippen LogP contribution in [0.3, 0.4) is 0 Å². The van der Waals surface area contributed by atoms with Crippen LogP contribution in [0.2, 0.25) is 0 Å². The predicted molar refractivity (Wildman–Crippen MR) is 63.9 cm³/mol. The molecule has 6 heteroatoms. The third-order valence-electron chi connectivity index (χ3n) is 2.81. The van der Waals surface area contributed by atoms with E-state index in [1.807, 2.05) is 13.8 Å². The molecule has 0 atom stereocenters. The molecule has 1 fully saturated rings. The molecule has 0 aliphatic carbocycles. The van der Waals surface area contributed by atoms with Gasteiger partial charge in [0.25, 0.3) is 0 Å². The van der Waals surface area contributed by atoms with E-state index in [0.29, 0.717) is 19.5 Å². The van der Waals surface area contributed by atoms with E-state index in [1.54, 1.807) is 4.90 Å². The number of hydrogen-bond donors (Lipinski definition) is 3. The molecule has 0 saturated carbocycles. The summed E-state index contributed by atoms with van der Waals surface area (Å²) in [6, 6.07) is -0.109. The van der Waals surface area contributed by atoms with E-state index in [-0.39, 0.29) is 12.5 Å². The first-order valence-corrected chi connectivity index (χ1v) is 5.90. The molecule has 0 radical (unpaired) electrons. The van der Waals surface area contributed by atoms with Gasteiger partial charge in [-0.15, -0.1) is 0 Å². The number of carbonyl (C=O) groups is 2. The zero-order valence-corrected chi connectivity index (χ0v) is 10.5. The zero-order chi connectivity index (χ0) is 12.9. The first kappa shape index (κ1) is 13.8. The number of urea groups is 1. The van der Waals surface area contributed by atoms with Gasteiger partial charge in [0.05, 0.1) is 0 Å². The molecule has 0 unspecified atom stereocenters. The zero-order valence-electron chi connectivity index (χ0n) is 10.5. The topological polar surface area (TPSA) is 81.7 Å². The number of hydrogen-bond acceptors (Lipinski definition) is 3. The number of nitrogens with one attached hydrogen (secondary N) is 2. The van der Waals surface area contributed by atoms with Crippen LogP contribution in [0.4, 0.5) is 4.79 Å². The highest BCUT2D eigenvalue weighted by atomic mass is 16.4. The summed E-state index contributed by atoms with van der Waals surface area (Å²) in [6.07, 6.45) is 0.495. The number of aliphatic carboxylic acids is 1. The Balaban J connectivity index is 2.39. The summed E-state index contributed by atoms with van der Waals surface area (Å²) in [5.41, 5.74) is -0.486. The van der Waals surface area contributed by atoms with Crippen LogP contribution in [0, 0.1) is 0 Å². The van der Waals surface area contributed by atoms with Gasteiger partial charge in [0.2, 0.25) is 0 Å². The van der Waals surface area contributed by atoms with E-state index >= 15 is 0 Å². The van der Waals surface area contributed by atoms with E-state index in [1.165, 1.54) is 0 Å². The van der Waals surface area contributed by atoms with Crippen molar-refractivity contribution < 1.29 is 14.7 Å². The number of amides is 2. The second kappa shape index (κ2) is 5.86. The standard InChI is InChI=1S/C11H21N3O3/c1-11(2,4-3-9(15)16)13-10(17)14-7-5-12-6-8-14/h12H,3-8H2,1-2H3,(H,13,17)(H,15,16). The molecule has 1 saturated heterocycles. The maximum Gasteiger partial charge on any atom is 0.317 e. The molecular weight excluding hydrogens is 222 g/mol. The van der Waals surface area contributed by atoms with Gasteiger partial charge in [0, 0.05) is 38.1 Å². The van der Waals surface area contributed by atoms with Gasteiger partial charge in [-0.3, -0.25) is 4.79 Å². The summed E-state index contributed by atoms with van der Waals surface area (Å²) < 4.78 is 0. The maximum absolute atomic E-state index is 11.9. The molecule has 1 aliphatic rings. The highest BCUT2D eigenvalue weighted by molar-refractivity contribution is 5.75. The number of rotatable bonds is 4. The minimum atomic E-state index is -0.838. The van der Waals surface area contributed by atoms with E-state index in [2.05, 4.69) is 10.6 Å². The lowest BCUT2D eigenvalue weighted by Crippen LogP contribution is -2.55. The van der Waals surface area contributed by atoms with Gasteiger partial charge in [0.1, 0.15) is 0 Å². The third kappa shape index (κ3) is 5.04. The van der Waals surface area contributed by atoms with Gasteiger partial charge in [-0.2, -0.15) is 0 Å². The minimum absolute atomic E-state index is 0.0643. The van der Waals surface area contributed by atoms with Crippen LogP contribution in [0.15, 0.2) is 0 Å². The molecule has 1 aliphatic heterocycles. The van der Waals surface area contributed by atoms with E-state index in [9.17, 15) is 9.59 Å². The molecule has 1 heterocycles. The van der Waals surface area contributed by atoms with Crippen molar-refractivity contribution in [3.63, 3.8) is 0 Å². The molecule has 1 rings (SSSR count). The predicted octanol–water partition coefficient (Wildman–Crippen LogP) is 0.245. The SMILES string of the molecule is CC(C)(CCC(=O)O)NC(=O)N1CCNCC1. The lowest BCUT2D eigenvalue weighted by atomic mass is 9.99. The number of carboxylic acid groups (broad SMARTS) is 1. The van der Waals surface area contributed by atoms with Gasteiger partial charge < -0.3 is 20.6 Å². The lowest BCUT2D eigenvalue weighted by Gasteiger charge is -2.33. The summed E-state index contributed by atoms with van der Waals surface area (Å²) in [7, 11) is 0. The van der Waals surface area contributed by atoms with Crippen LogP contribution in [0.1, 0.15) is 26.7 Å². The third-order valence-corrected chi connectivity index (χ3v) is 2.81. The Bertz CT molecular complexity index is 286. The average molecular weight is 243 g/mol. The Hall–Kier alpha value is -1.30. The minimum Gasteiger partial charge on any atom is -0.481 e. The fourth-order valence-electron chi connectivity index (χ4n) is 1.72. The maximum atomic E-state index is 11.9. The number of piperazine rings is 1. The highest BCUT2D eigenvalue weighted by Crippen LogP contribution is 2.12. The Morgan fingerprint density at radius 3 is 2.47 bits per heavy atom. The van der Waals surface area contributed by atoms with Gasteiger partial charge >= 0.3 is 12.0 Å². The Kier molecular flexibility index (Phi) is 4.74. The monoisotopic (exact) mass is 243 g/mol. The second-order valence-electron chi connectivity index (χ2n) is 4.94. The largest absolute Gasteiger partial charge is 0.481 e.